The molecule has 0 unspecified atom stereocenters. The van der Waals surface area contributed by atoms with E-state index in [2.05, 4.69) is 15.7 Å². The van der Waals surface area contributed by atoms with E-state index in [1.54, 1.807) is 28.9 Å². The molecule has 0 spiro atoms. The summed E-state index contributed by atoms with van der Waals surface area (Å²) in [6.07, 6.45) is 0. The van der Waals surface area contributed by atoms with Crippen molar-refractivity contribution < 1.29 is 19.1 Å². The number of esters is 1. The lowest BCUT2D eigenvalue weighted by molar-refractivity contribution is -0.123. The summed E-state index contributed by atoms with van der Waals surface area (Å²) in [6, 6.07) is 9.60. The molecule has 0 aliphatic carbocycles. The number of aromatic nitrogens is 2. The highest BCUT2D eigenvalue weighted by Gasteiger charge is 2.14. The number of ether oxygens (including phenoxy) is 1. The molecule has 0 aliphatic heterocycles. The van der Waals surface area contributed by atoms with Crippen LogP contribution in [0.5, 0.6) is 0 Å². The Balaban J connectivity index is 1.49. The SMILES string of the molecule is Cc1nn(-c2ccc(C(=O)OCC(=O)NC(=O)NCc3cccs3)cc2)c(C)c1Cl. The van der Waals surface area contributed by atoms with Crippen LogP contribution in [-0.2, 0) is 16.1 Å². The second kappa shape index (κ2) is 9.55. The van der Waals surface area contributed by atoms with Crippen molar-refractivity contribution in [2.75, 3.05) is 6.61 Å². The van der Waals surface area contributed by atoms with Crippen molar-refractivity contribution in [3.8, 4) is 5.69 Å². The van der Waals surface area contributed by atoms with E-state index in [-0.39, 0.29) is 5.56 Å². The molecule has 0 fully saturated rings. The zero-order valence-corrected chi connectivity index (χ0v) is 17.8. The summed E-state index contributed by atoms with van der Waals surface area (Å²) in [4.78, 5) is 36.6. The minimum absolute atomic E-state index is 0.265. The third kappa shape index (κ3) is 5.25. The molecule has 2 heterocycles. The highest BCUT2D eigenvalue weighted by atomic mass is 35.5. The molecule has 10 heteroatoms. The van der Waals surface area contributed by atoms with Crippen LogP contribution in [0.4, 0.5) is 4.79 Å². The second-order valence-corrected chi connectivity index (χ2v) is 7.74. The molecular formula is C20H19ClN4O4S. The number of aryl methyl sites for hydroxylation is 1. The maximum Gasteiger partial charge on any atom is 0.338 e. The molecule has 30 heavy (non-hydrogen) atoms. The van der Waals surface area contributed by atoms with Crippen LogP contribution < -0.4 is 10.6 Å². The molecular weight excluding hydrogens is 428 g/mol. The zero-order valence-electron chi connectivity index (χ0n) is 16.3. The van der Waals surface area contributed by atoms with Crippen LogP contribution in [0.15, 0.2) is 41.8 Å². The third-order valence-electron chi connectivity index (χ3n) is 4.14. The van der Waals surface area contributed by atoms with Crippen LogP contribution in [0.3, 0.4) is 0 Å². The van der Waals surface area contributed by atoms with Crippen molar-refractivity contribution in [2.45, 2.75) is 20.4 Å². The van der Waals surface area contributed by atoms with E-state index in [9.17, 15) is 14.4 Å². The van der Waals surface area contributed by atoms with Crippen molar-refractivity contribution in [3.05, 3.63) is 68.6 Å². The number of imide groups is 1. The summed E-state index contributed by atoms with van der Waals surface area (Å²) in [5.41, 5.74) is 2.50. The van der Waals surface area contributed by atoms with E-state index in [0.29, 0.717) is 17.3 Å². The fourth-order valence-corrected chi connectivity index (χ4v) is 3.38. The normalized spacial score (nSPS) is 10.5. The summed E-state index contributed by atoms with van der Waals surface area (Å²) in [5, 5.41) is 11.5. The number of hydrogen-bond acceptors (Lipinski definition) is 6. The van der Waals surface area contributed by atoms with E-state index in [0.717, 1.165) is 16.3 Å². The standard InChI is InChI=1S/C20H19ClN4O4S/c1-12-18(21)13(2)25(24-12)15-7-5-14(6-8-15)19(27)29-11-17(26)23-20(28)22-10-16-4-3-9-30-16/h3-9H,10-11H2,1-2H3,(H2,22,23,26,28). The highest BCUT2D eigenvalue weighted by molar-refractivity contribution is 7.09. The molecule has 3 aromatic rings. The van der Waals surface area contributed by atoms with Gasteiger partial charge in [-0.1, -0.05) is 17.7 Å². The van der Waals surface area contributed by atoms with Crippen molar-refractivity contribution in [1.29, 1.82) is 0 Å². The van der Waals surface area contributed by atoms with Gasteiger partial charge >= 0.3 is 12.0 Å². The Morgan fingerprint density at radius 2 is 1.90 bits per heavy atom. The van der Waals surface area contributed by atoms with Gasteiger partial charge in [-0.25, -0.2) is 14.3 Å². The fraction of sp³-hybridized carbons (Fsp3) is 0.200. The van der Waals surface area contributed by atoms with Gasteiger partial charge in [0.2, 0.25) is 0 Å². The van der Waals surface area contributed by atoms with Crippen LogP contribution in [0.25, 0.3) is 5.69 Å². The maximum absolute atomic E-state index is 12.1. The minimum Gasteiger partial charge on any atom is -0.452 e. The molecule has 2 N–H and O–H groups in total. The quantitative estimate of drug-likeness (QED) is 0.565. The number of nitrogens with one attached hydrogen (secondary N) is 2. The molecule has 3 rings (SSSR count). The molecule has 0 atom stereocenters. The zero-order chi connectivity index (χ0) is 21.7. The average Bonchev–Trinajstić information content (AvgIpc) is 3.35. The lowest BCUT2D eigenvalue weighted by atomic mass is 10.2. The van der Waals surface area contributed by atoms with Crippen LogP contribution in [0.2, 0.25) is 5.02 Å². The van der Waals surface area contributed by atoms with Gasteiger partial charge < -0.3 is 10.1 Å². The first-order chi connectivity index (χ1) is 14.3. The number of hydrogen-bond donors (Lipinski definition) is 2. The smallest absolute Gasteiger partial charge is 0.338 e. The number of carbonyl (C=O) groups excluding carboxylic acids is 3. The molecule has 0 aliphatic rings. The lowest BCUT2D eigenvalue weighted by Gasteiger charge is -2.08. The number of amides is 3. The van der Waals surface area contributed by atoms with Gasteiger partial charge in [0.15, 0.2) is 6.61 Å². The molecule has 0 radical (unpaired) electrons. The lowest BCUT2D eigenvalue weighted by Crippen LogP contribution is -2.41. The Kier molecular flexibility index (Phi) is 6.86. The van der Waals surface area contributed by atoms with Gasteiger partial charge in [-0.05, 0) is 49.6 Å². The van der Waals surface area contributed by atoms with E-state index >= 15 is 0 Å². The summed E-state index contributed by atoms with van der Waals surface area (Å²) < 4.78 is 6.64. The van der Waals surface area contributed by atoms with Crippen LogP contribution in [0.1, 0.15) is 26.6 Å². The van der Waals surface area contributed by atoms with Crippen LogP contribution in [0, 0.1) is 13.8 Å². The average molecular weight is 447 g/mol. The molecule has 1 aromatic carbocycles. The number of nitrogens with zero attached hydrogens (tertiary/aromatic N) is 2. The number of thiophene rings is 1. The molecule has 8 nitrogen and oxygen atoms in total. The minimum atomic E-state index is -0.721. The van der Waals surface area contributed by atoms with Gasteiger partial charge in [0.1, 0.15) is 0 Å². The monoisotopic (exact) mass is 446 g/mol. The van der Waals surface area contributed by atoms with E-state index in [1.807, 2.05) is 31.4 Å². The van der Waals surface area contributed by atoms with Gasteiger partial charge in [-0.2, -0.15) is 5.10 Å². The molecule has 156 valence electrons. The summed E-state index contributed by atoms with van der Waals surface area (Å²) in [7, 11) is 0. The van der Waals surface area contributed by atoms with Gasteiger partial charge in [0, 0.05) is 4.88 Å². The summed E-state index contributed by atoms with van der Waals surface area (Å²) in [6.45, 7) is 3.40. The highest BCUT2D eigenvalue weighted by Crippen LogP contribution is 2.22. The first kappa shape index (κ1) is 21.5. The predicted octanol–water partition coefficient (Wildman–Crippen LogP) is 3.39. The number of rotatable bonds is 6. The number of benzene rings is 1. The molecule has 3 amide bonds. The Morgan fingerprint density at radius 1 is 1.17 bits per heavy atom. The van der Waals surface area contributed by atoms with Gasteiger partial charge in [-0.3, -0.25) is 10.1 Å². The van der Waals surface area contributed by atoms with Crippen molar-refractivity contribution in [1.82, 2.24) is 20.4 Å². The van der Waals surface area contributed by atoms with Gasteiger partial charge in [0.25, 0.3) is 5.91 Å². The largest absolute Gasteiger partial charge is 0.452 e. The van der Waals surface area contributed by atoms with Crippen molar-refractivity contribution in [3.63, 3.8) is 0 Å². The topological polar surface area (TPSA) is 102 Å². The fourth-order valence-electron chi connectivity index (χ4n) is 2.62. The molecule has 0 saturated carbocycles. The second-order valence-electron chi connectivity index (χ2n) is 6.33. The molecule has 0 bridgehead atoms. The Bertz CT molecular complexity index is 1060. The first-order valence-electron chi connectivity index (χ1n) is 8.94. The van der Waals surface area contributed by atoms with Crippen molar-refractivity contribution in [2.24, 2.45) is 0 Å². The Labute approximate surface area is 181 Å². The van der Waals surface area contributed by atoms with E-state index < -0.39 is 24.5 Å². The molecule has 0 saturated heterocycles. The van der Waals surface area contributed by atoms with Crippen LogP contribution in [-0.4, -0.2) is 34.3 Å². The first-order valence-corrected chi connectivity index (χ1v) is 10.2. The van der Waals surface area contributed by atoms with E-state index in [4.69, 9.17) is 16.3 Å². The van der Waals surface area contributed by atoms with Gasteiger partial charge in [-0.15, -0.1) is 11.3 Å². The van der Waals surface area contributed by atoms with Gasteiger partial charge in [0.05, 0.1) is 34.2 Å². The number of halogens is 1. The van der Waals surface area contributed by atoms with Crippen molar-refractivity contribution >= 4 is 40.8 Å². The number of carbonyl (C=O) groups is 3. The maximum atomic E-state index is 12.1. The predicted molar refractivity (Wildman–Crippen MR) is 113 cm³/mol. The van der Waals surface area contributed by atoms with Crippen LogP contribution >= 0.6 is 22.9 Å². The van der Waals surface area contributed by atoms with E-state index in [1.165, 1.54) is 11.3 Å². The summed E-state index contributed by atoms with van der Waals surface area (Å²) in [5.74, 6) is -1.40. The Hall–Kier alpha value is -3.17. The Morgan fingerprint density at radius 3 is 2.50 bits per heavy atom. The number of urea groups is 1. The molecule has 2 aromatic heterocycles. The summed E-state index contributed by atoms with van der Waals surface area (Å²) >= 11 is 7.65. The third-order valence-corrected chi connectivity index (χ3v) is 5.56.